The molecule has 1 heterocycles. The van der Waals surface area contributed by atoms with Crippen LogP contribution in [0.4, 0.5) is 0 Å². The van der Waals surface area contributed by atoms with Crippen molar-refractivity contribution in [2.45, 2.75) is 51.2 Å². The predicted octanol–water partition coefficient (Wildman–Crippen LogP) is 3.34. The lowest BCUT2D eigenvalue weighted by molar-refractivity contribution is 0.0464. The van der Waals surface area contributed by atoms with E-state index in [2.05, 4.69) is 29.8 Å². The first-order valence-electron chi connectivity index (χ1n) is 6.61. The fraction of sp³-hybridized carbons (Fsp3) is 0.714. The fourth-order valence-electron chi connectivity index (χ4n) is 2.35. The van der Waals surface area contributed by atoms with Crippen molar-refractivity contribution in [1.82, 2.24) is 5.32 Å². The maximum atomic E-state index is 10.2. The van der Waals surface area contributed by atoms with Crippen molar-refractivity contribution in [2.24, 2.45) is 5.92 Å². The minimum absolute atomic E-state index is 0.457. The van der Waals surface area contributed by atoms with E-state index in [0.717, 1.165) is 18.8 Å². The first-order chi connectivity index (χ1) is 8.12. The molecule has 0 amide bonds. The van der Waals surface area contributed by atoms with Crippen LogP contribution in [0.3, 0.4) is 0 Å². The molecule has 0 aliphatic heterocycles. The molecule has 2 N–H and O–H groups in total. The Morgan fingerprint density at radius 3 is 2.88 bits per heavy atom. The second-order valence-electron chi connectivity index (χ2n) is 5.46. The topological polar surface area (TPSA) is 32.3 Å². The number of rotatable bonds is 7. The van der Waals surface area contributed by atoms with Gasteiger partial charge in [0.2, 0.25) is 0 Å². The summed E-state index contributed by atoms with van der Waals surface area (Å²) in [6, 6.07) is 4.77. The van der Waals surface area contributed by atoms with Gasteiger partial charge in [0, 0.05) is 17.5 Å². The van der Waals surface area contributed by atoms with Gasteiger partial charge in [0.05, 0.1) is 5.60 Å². The summed E-state index contributed by atoms with van der Waals surface area (Å²) in [6.07, 6.45) is 4.54. The number of nitrogens with one attached hydrogen (secondary N) is 1. The Hall–Kier alpha value is -0.380. The molecule has 1 fully saturated rings. The molecule has 2 unspecified atom stereocenters. The van der Waals surface area contributed by atoms with Gasteiger partial charge in [-0.2, -0.15) is 0 Å². The third-order valence-corrected chi connectivity index (χ3v) is 4.39. The Morgan fingerprint density at radius 1 is 1.59 bits per heavy atom. The second kappa shape index (κ2) is 5.51. The smallest absolute Gasteiger partial charge is 0.0743 e. The molecule has 96 valence electrons. The Kier molecular flexibility index (Phi) is 4.23. The van der Waals surface area contributed by atoms with Gasteiger partial charge < -0.3 is 10.4 Å². The molecule has 0 spiro atoms. The highest BCUT2D eigenvalue weighted by molar-refractivity contribution is 7.10. The molecule has 1 saturated carbocycles. The van der Waals surface area contributed by atoms with E-state index in [0.29, 0.717) is 12.6 Å². The quantitative estimate of drug-likeness (QED) is 0.781. The van der Waals surface area contributed by atoms with E-state index in [1.807, 2.05) is 18.3 Å². The molecule has 1 aromatic rings. The van der Waals surface area contributed by atoms with Crippen molar-refractivity contribution in [3.8, 4) is 0 Å². The average Bonchev–Trinajstić information content (AvgIpc) is 2.94. The average molecular weight is 253 g/mol. The van der Waals surface area contributed by atoms with Crippen molar-refractivity contribution in [3.05, 3.63) is 22.4 Å². The Morgan fingerprint density at radius 2 is 2.35 bits per heavy atom. The summed E-state index contributed by atoms with van der Waals surface area (Å²) in [7, 11) is 0. The lowest BCUT2D eigenvalue weighted by Gasteiger charge is -2.26. The van der Waals surface area contributed by atoms with Crippen molar-refractivity contribution in [1.29, 1.82) is 0 Å². The summed E-state index contributed by atoms with van der Waals surface area (Å²) in [5.41, 5.74) is -0.570. The molecule has 1 aromatic heterocycles. The number of aliphatic hydroxyl groups is 1. The van der Waals surface area contributed by atoms with Crippen LogP contribution in [0, 0.1) is 5.92 Å². The number of hydrogen-bond acceptors (Lipinski definition) is 3. The number of thiophene rings is 1. The van der Waals surface area contributed by atoms with E-state index < -0.39 is 5.60 Å². The largest absolute Gasteiger partial charge is 0.389 e. The van der Waals surface area contributed by atoms with E-state index in [1.54, 1.807) is 0 Å². The highest BCUT2D eigenvalue weighted by Crippen LogP contribution is 2.42. The van der Waals surface area contributed by atoms with Crippen LogP contribution in [-0.2, 0) is 0 Å². The summed E-state index contributed by atoms with van der Waals surface area (Å²) in [5.74, 6) is 0.783. The second-order valence-corrected chi connectivity index (χ2v) is 6.44. The zero-order valence-corrected chi connectivity index (χ0v) is 11.6. The van der Waals surface area contributed by atoms with Crippen molar-refractivity contribution in [3.63, 3.8) is 0 Å². The predicted molar refractivity (Wildman–Crippen MR) is 73.3 cm³/mol. The summed E-state index contributed by atoms with van der Waals surface area (Å²) < 4.78 is 0. The Labute approximate surface area is 108 Å². The summed E-state index contributed by atoms with van der Waals surface area (Å²) in [5, 5.41) is 15.9. The third kappa shape index (κ3) is 3.80. The summed E-state index contributed by atoms with van der Waals surface area (Å²) in [6.45, 7) is 4.74. The van der Waals surface area contributed by atoms with Gasteiger partial charge in [-0.15, -0.1) is 11.3 Å². The van der Waals surface area contributed by atoms with E-state index in [4.69, 9.17) is 0 Å². The van der Waals surface area contributed by atoms with E-state index >= 15 is 0 Å². The molecule has 0 radical (unpaired) electrons. The number of hydrogen-bond donors (Lipinski definition) is 2. The van der Waals surface area contributed by atoms with Gasteiger partial charge in [0.1, 0.15) is 0 Å². The summed E-state index contributed by atoms with van der Waals surface area (Å²) >= 11 is 1.82. The Bertz CT molecular complexity index is 330. The first-order valence-corrected chi connectivity index (χ1v) is 7.49. The van der Waals surface area contributed by atoms with Gasteiger partial charge in [-0.25, -0.2) is 0 Å². The highest BCUT2D eigenvalue weighted by Gasteiger charge is 2.34. The summed E-state index contributed by atoms with van der Waals surface area (Å²) in [4.78, 5) is 1.42. The van der Waals surface area contributed by atoms with Crippen molar-refractivity contribution < 1.29 is 5.11 Å². The molecule has 0 bridgehead atoms. The van der Waals surface area contributed by atoms with Crippen LogP contribution < -0.4 is 5.32 Å². The molecule has 1 aliphatic rings. The van der Waals surface area contributed by atoms with Crippen molar-refractivity contribution in [2.75, 3.05) is 6.54 Å². The monoisotopic (exact) mass is 253 g/mol. The maximum absolute atomic E-state index is 10.2. The normalized spacial score (nSPS) is 21.1. The molecule has 1 aliphatic carbocycles. The van der Waals surface area contributed by atoms with Crippen LogP contribution in [-0.4, -0.2) is 17.3 Å². The zero-order valence-electron chi connectivity index (χ0n) is 10.8. The van der Waals surface area contributed by atoms with E-state index in [-0.39, 0.29) is 0 Å². The van der Waals surface area contributed by atoms with Gasteiger partial charge in [0.15, 0.2) is 0 Å². The van der Waals surface area contributed by atoms with E-state index in [9.17, 15) is 5.11 Å². The minimum atomic E-state index is -0.570. The maximum Gasteiger partial charge on any atom is 0.0743 e. The molecule has 2 atom stereocenters. The third-order valence-electron chi connectivity index (χ3n) is 3.43. The van der Waals surface area contributed by atoms with Crippen LogP contribution in [0.2, 0.25) is 0 Å². The standard InChI is InChI=1S/C14H23NOS/c1-3-8-14(2,16)10-15-13(11-6-7-11)12-5-4-9-17-12/h4-5,9,11,13,15-16H,3,6-8,10H2,1-2H3. The van der Waals surface area contributed by atoms with E-state index in [1.165, 1.54) is 17.7 Å². The van der Waals surface area contributed by atoms with Gasteiger partial charge in [-0.1, -0.05) is 19.4 Å². The first kappa shape index (κ1) is 13.1. The molecule has 2 rings (SSSR count). The SMILES string of the molecule is CCCC(C)(O)CNC(c1cccs1)C1CC1. The fourth-order valence-corrected chi connectivity index (χ4v) is 3.25. The molecule has 2 nitrogen and oxygen atoms in total. The Balaban J connectivity index is 1.91. The molecular formula is C14H23NOS. The molecule has 17 heavy (non-hydrogen) atoms. The minimum Gasteiger partial charge on any atom is -0.389 e. The van der Waals surface area contributed by atoms with Crippen LogP contribution in [0.1, 0.15) is 50.4 Å². The zero-order chi connectivity index (χ0) is 12.3. The van der Waals surface area contributed by atoms with Gasteiger partial charge in [0.25, 0.3) is 0 Å². The van der Waals surface area contributed by atoms with Crippen LogP contribution >= 0.6 is 11.3 Å². The van der Waals surface area contributed by atoms with Crippen LogP contribution in [0.5, 0.6) is 0 Å². The van der Waals surface area contributed by atoms with Crippen LogP contribution in [0.25, 0.3) is 0 Å². The molecule has 0 aromatic carbocycles. The molecular weight excluding hydrogens is 230 g/mol. The highest BCUT2D eigenvalue weighted by atomic mass is 32.1. The van der Waals surface area contributed by atoms with Crippen LogP contribution in [0.15, 0.2) is 17.5 Å². The molecule has 0 saturated heterocycles. The van der Waals surface area contributed by atoms with Crippen molar-refractivity contribution >= 4 is 11.3 Å². The van der Waals surface area contributed by atoms with Gasteiger partial charge in [-0.3, -0.25) is 0 Å². The lowest BCUT2D eigenvalue weighted by atomic mass is 9.99. The van der Waals surface area contributed by atoms with Gasteiger partial charge in [-0.05, 0) is 43.6 Å². The van der Waals surface area contributed by atoms with Gasteiger partial charge >= 0.3 is 0 Å². The lowest BCUT2D eigenvalue weighted by Crippen LogP contribution is -2.39. The molecule has 3 heteroatoms.